The zero-order chi connectivity index (χ0) is 18.6. The van der Waals surface area contributed by atoms with E-state index in [-0.39, 0.29) is 5.25 Å². The van der Waals surface area contributed by atoms with Crippen molar-refractivity contribution in [1.29, 1.82) is 0 Å². The summed E-state index contributed by atoms with van der Waals surface area (Å²) in [5.74, 6) is 1.94. The Balaban J connectivity index is 1.59. The molecule has 0 fully saturated rings. The van der Waals surface area contributed by atoms with Gasteiger partial charge in [0, 0.05) is 24.5 Å². The number of rotatable bonds is 7. The highest BCUT2D eigenvalue weighted by molar-refractivity contribution is 7.99. The van der Waals surface area contributed by atoms with Gasteiger partial charge in [0.25, 0.3) is 0 Å². The quantitative estimate of drug-likeness (QED) is 0.336. The molecule has 4 rings (SSSR count). The van der Waals surface area contributed by atoms with Crippen molar-refractivity contribution in [3.8, 4) is 22.1 Å². The van der Waals surface area contributed by atoms with Gasteiger partial charge >= 0.3 is 0 Å². The lowest BCUT2D eigenvalue weighted by Crippen LogP contribution is -2.02. The molecule has 4 aromatic rings. The summed E-state index contributed by atoms with van der Waals surface area (Å²) in [4.78, 5) is 9.55. The number of nitrogens with zero attached hydrogens (tertiary/aromatic N) is 6. The Hall–Kier alpha value is -2.78. The van der Waals surface area contributed by atoms with Gasteiger partial charge in [0.05, 0.1) is 10.1 Å². The van der Waals surface area contributed by atoms with E-state index in [1.807, 2.05) is 47.2 Å². The summed E-state index contributed by atoms with van der Waals surface area (Å²) < 4.78 is 7.47. The Morgan fingerprint density at radius 2 is 2.15 bits per heavy atom. The zero-order valence-electron chi connectivity index (χ0n) is 14.5. The third-order valence-electron chi connectivity index (χ3n) is 3.78. The van der Waals surface area contributed by atoms with Gasteiger partial charge in [0.1, 0.15) is 0 Å². The first kappa shape index (κ1) is 17.6. The summed E-state index contributed by atoms with van der Waals surface area (Å²) in [6.45, 7) is 6.45. The second-order valence-corrected chi connectivity index (χ2v) is 7.89. The largest absolute Gasteiger partial charge is 0.338 e. The number of hydrogen-bond donors (Lipinski definition) is 0. The molecule has 1 atom stereocenters. The van der Waals surface area contributed by atoms with Crippen LogP contribution < -0.4 is 0 Å². The van der Waals surface area contributed by atoms with E-state index in [1.165, 1.54) is 11.8 Å². The highest BCUT2D eigenvalue weighted by Crippen LogP contribution is 2.35. The van der Waals surface area contributed by atoms with Crippen molar-refractivity contribution in [3.05, 3.63) is 60.6 Å². The average molecular weight is 397 g/mol. The van der Waals surface area contributed by atoms with Crippen molar-refractivity contribution in [2.75, 3.05) is 0 Å². The molecule has 0 amide bonds. The maximum absolute atomic E-state index is 5.45. The van der Waals surface area contributed by atoms with Crippen LogP contribution in [0.5, 0.6) is 0 Å². The Kier molecular flexibility index (Phi) is 5.12. The van der Waals surface area contributed by atoms with Crippen LogP contribution in [0.15, 0.2) is 64.4 Å². The van der Waals surface area contributed by atoms with Crippen molar-refractivity contribution in [3.63, 3.8) is 0 Å². The predicted octanol–water partition coefficient (Wildman–Crippen LogP) is 4.49. The maximum Gasteiger partial charge on any atom is 0.240 e. The summed E-state index contributed by atoms with van der Waals surface area (Å²) in [7, 11) is 0. The van der Waals surface area contributed by atoms with Crippen LogP contribution >= 0.6 is 23.1 Å². The summed E-state index contributed by atoms with van der Waals surface area (Å²) in [5.41, 5.74) is 0.955. The normalized spacial score (nSPS) is 12.2. The van der Waals surface area contributed by atoms with E-state index in [9.17, 15) is 0 Å². The topological polar surface area (TPSA) is 82.5 Å². The van der Waals surface area contributed by atoms with Gasteiger partial charge in [-0.3, -0.25) is 9.55 Å². The molecule has 0 aliphatic heterocycles. The molecule has 0 aliphatic carbocycles. The summed E-state index contributed by atoms with van der Waals surface area (Å²) in [5, 5.41) is 15.5. The van der Waals surface area contributed by atoms with Gasteiger partial charge in [0.15, 0.2) is 11.0 Å². The molecule has 0 aliphatic rings. The van der Waals surface area contributed by atoms with Crippen LogP contribution in [-0.4, -0.2) is 29.9 Å². The second kappa shape index (κ2) is 7.85. The molecular formula is C18H16N6OS2. The lowest BCUT2D eigenvalue weighted by Gasteiger charge is -2.09. The smallest absolute Gasteiger partial charge is 0.240 e. The van der Waals surface area contributed by atoms with E-state index in [1.54, 1.807) is 23.7 Å². The van der Waals surface area contributed by atoms with Gasteiger partial charge in [-0.2, -0.15) is 4.98 Å². The molecular weight excluding hydrogens is 380 g/mol. The van der Waals surface area contributed by atoms with E-state index >= 15 is 0 Å². The lowest BCUT2D eigenvalue weighted by molar-refractivity contribution is 0.380. The molecule has 7 nitrogen and oxygen atoms in total. The van der Waals surface area contributed by atoms with Gasteiger partial charge in [-0.25, -0.2) is 0 Å². The molecule has 136 valence electrons. The minimum absolute atomic E-state index is 0.0655. The Morgan fingerprint density at radius 1 is 1.30 bits per heavy atom. The molecule has 9 heteroatoms. The van der Waals surface area contributed by atoms with Crippen LogP contribution in [0.1, 0.15) is 18.1 Å². The summed E-state index contributed by atoms with van der Waals surface area (Å²) >= 11 is 3.10. The molecule has 0 saturated carbocycles. The molecule has 4 heterocycles. The fourth-order valence-electron chi connectivity index (χ4n) is 2.50. The number of aromatic nitrogens is 6. The molecule has 0 radical (unpaired) electrons. The molecule has 27 heavy (non-hydrogen) atoms. The van der Waals surface area contributed by atoms with Crippen LogP contribution in [0.4, 0.5) is 0 Å². The minimum atomic E-state index is -0.0655. The monoisotopic (exact) mass is 396 g/mol. The highest BCUT2D eigenvalue weighted by atomic mass is 32.2. The highest BCUT2D eigenvalue weighted by Gasteiger charge is 2.21. The van der Waals surface area contributed by atoms with Crippen molar-refractivity contribution >= 4 is 23.1 Å². The first-order valence-electron chi connectivity index (χ1n) is 8.25. The molecule has 0 saturated heterocycles. The third kappa shape index (κ3) is 3.69. The molecule has 0 aromatic carbocycles. The molecule has 1 unspecified atom stereocenters. The summed E-state index contributed by atoms with van der Waals surface area (Å²) in [6.07, 6.45) is 5.30. The number of allylic oxidation sites excluding steroid dienone is 1. The number of pyridine rings is 1. The molecule has 0 spiro atoms. The minimum Gasteiger partial charge on any atom is -0.338 e. The molecule has 0 bridgehead atoms. The van der Waals surface area contributed by atoms with Crippen molar-refractivity contribution in [2.45, 2.75) is 23.9 Å². The first-order chi connectivity index (χ1) is 13.3. The van der Waals surface area contributed by atoms with Gasteiger partial charge in [0.2, 0.25) is 11.7 Å². The number of thiophene rings is 1. The molecule has 0 N–H and O–H groups in total. The lowest BCUT2D eigenvalue weighted by atomic mass is 10.2. The van der Waals surface area contributed by atoms with Crippen molar-refractivity contribution in [2.24, 2.45) is 0 Å². The maximum atomic E-state index is 5.45. The summed E-state index contributed by atoms with van der Waals surface area (Å²) in [6, 6.07) is 7.75. The van der Waals surface area contributed by atoms with Crippen molar-refractivity contribution in [1.82, 2.24) is 29.9 Å². The fourth-order valence-corrected chi connectivity index (χ4v) is 4.04. The van der Waals surface area contributed by atoms with Crippen LogP contribution in [-0.2, 0) is 6.54 Å². The fraction of sp³-hybridized carbons (Fsp3) is 0.167. The van der Waals surface area contributed by atoms with Crippen LogP contribution in [0.2, 0.25) is 0 Å². The van der Waals surface area contributed by atoms with E-state index in [0.717, 1.165) is 21.4 Å². The Bertz CT molecular complexity index is 1030. The van der Waals surface area contributed by atoms with E-state index in [4.69, 9.17) is 4.52 Å². The number of hydrogen-bond acceptors (Lipinski definition) is 8. The standard InChI is InChI=1S/C18H16N6OS2/c1-3-10-24-16(13-6-8-19-9-7-13)21-22-18(24)27-12(2)17-20-15(23-25-17)14-5-4-11-26-14/h3-9,11-12H,1,10H2,2H3. The van der Waals surface area contributed by atoms with E-state index < -0.39 is 0 Å². The SMILES string of the molecule is C=CCn1c(SC(C)c2nc(-c3cccs3)no2)nnc1-c1ccncc1. The molecule has 4 aromatic heterocycles. The van der Waals surface area contributed by atoms with Gasteiger partial charge in [-0.1, -0.05) is 29.1 Å². The van der Waals surface area contributed by atoms with Gasteiger partial charge in [-0.15, -0.1) is 28.1 Å². The van der Waals surface area contributed by atoms with Gasteiger partial charge < -0.3 is 4.52 Å². The first-order valence-corrected chi connectivity index (χ1v) is 10.0. The second-order valence-electron chi connectivity index (χ2n) is 5.63. The van der Waals surface area contributed by atoms with Crippen LogP contribution in [0.25, 0.3) is 22.1 Å². The average Bonchev–Trinajstić information content (AvgIpc) is 3.44. The number of thioether (sulfide) groups is 1. The van der Waals surface area contributed by atoms with E-state index in [0.29, 0.717) is 18.3 Å². The third-order valence-corrected chi connectivity index (χ3v) is 5.71. The van der Waals surface area contributed by atoms with E-state index in [2.05, 4.69) is 31.9 Å². The van der Waals surface area contributed by atoms with Crippen LogP contribution in [0, 0.1) is 0 Å². The van der Waals surface area contributed by atoms with Gasteiger partial charge in [-0.05, 0) is 30.5 Å². The Morgan fingerprint density at radius 3 is 2.89 bits per heavy atom. The zero-order valence-corrected chi connectivity index (χ0v) is 16.2. The predicted molar refractivity (Wildman–Crippen MR) is 105 cm³/mol. The van der Waals surface area contributed by atoms with Crippen LogP contribution in [0.3, 0.4) is 0 Å². The Labute approximate surface area is 164 Å². The van der Waals surface area contributed by atoms with Crippen molar-refractivity contribution < 1.29 is 4.52 Å².